The van der Waals surface area contributed by atoms with Crippen molar-refractivity contribution in [1.29, 1.82) is 5.26 Å². The molecular formula is C13H17FN2. The van der Waals surface area contributed by atoms with E-state index < -0.39 is 0 Å². The van der Waals surface area contributed by atoms with Crippen molar-refractivity contribution in [3.8, 4) is 6.07 Å². The van der Waals surface area contributed by atoms with Crippen LogP contribution in [-0.4, -0.2) is 6.04 Å². The van der Waals surface area contributed by atoms with E-state index in [1.165, 1.54) is 6.07 Å². The minimum Gasteiger partial charge on any atom is -0.367 e. The summed E-state index contributed by atoms with van der Waals surface area (Å²) in [6.45, 7) is 6.17. The van der Waals surface area contributed by atoms with Crippen LogP contribution in [0.15, 0.2) is 24.3 Å². The van der Waals surface area contributed by atoms with E-state index in [2.05, 4.69) is 32.2 Å². The number of hydrogen-bond donors (Lipinski definition) is 1. The predicted octanol–water partition coefficient (Wildman–Crippen LogP) is 3.57. The number of para-hydroxylation sites is 1. The Labute approximate surface area is 96.1 Å². The van der Waals surface area contributed by atoms with Crippen LogP contribution >= 0.6 is 0 Å². The summed E-state index contributed by atoms with van der Waals surface area (Å²) in [4.78, 5) is 0. The van der Waals surface area contributed by atoms with Gasteiger partial charge in [0, 0.05) is 0 Å². The standard InChI is InChI=1S/C13H17FN2/c1-13(2,3)8-10(9-15)16-12-7-5-4-6-11(12)14/h4-7,10,16H,8H2,1-3H3. The van der Waals surface area contributed by atoms with Gasteiger partial charge in [-0.05, 0) is 24.0 Å². The first-order chi connectivity index (χ1) is 7.42. The molecule has 1 atom stereocenters. The van der Waals surface area contributed by atoms with Crippen LogP contribution in [0, 0.1) is 22.6 Å². The molecule has 2 nitrogen and oxygen atoms in total. The first kappa shape index (κ1) is 12.5. The van der Waals surface area contributed by atoms with Crippen molar-refractivity contribution in [3.05, 3.63) is 30.1 Å². The maximum absolute atomic E-state index is 13.3. The zero-order chi connectivity index (χ0) is 12.2. The van der Waals surface area contributed by atoms with Crippen LogP contribution in [-0.2, 0) is 0 Å². The minimum atomic E-state index is -0.364. The van der Waals surface area contributed by atoms with Gasteiger partial charge in [-0.25, -0.2) is 4.39 Å². The number of nitriles is 1. The number of benzene rings is 1. The third kappa shape index (κ3) is 3.90. The van der Waals surface area contributed by atoms with Crippen LogP contribution in [0.3, 0.4) is 0 Å². The molecule has 1 rings (SSSR count). The Morgan fingerprint density at radius 3 is 2.50 bits per heavy atom. The molecule has 1 unspecified atom stereocenters. The summed E-state index contributed by atoms with van der Waals surface area (Å²) in [5.41, 5.74) is 0.428. The van der Waals surface area contributed by atoms with E-state index in [4.69, 9.17) is 5.26 Å². The molecule has 86 valence electrons. The number of nitrogens with one attached hydrogen (secondary N) is 1. The van der Waals surface area contributed by atoms with Crippen molar-refractivity contribution in [2.75, 3.05) is 5.32 Å². The lowest BCUT2D eigenvalue weighted by molar-refractivity contribution is 0.370. The molecule has 3 heteroatoms. The molecule has 1 N–H and O–H groups in total. The fourth-order valence-electron chi connectivity index (χ4n) is 1.51. The molecule has 16 heavy (non-hydrogen) atoms. The zero-order valence-electron chi connectivity index (χ0n) is 9.92. The molecule has 0 heterocycles. The SMILES string of the molecule is CC(C)(C)CC(C#N)Nc1ccccc1F. The van der Waals surface area contributed by atoms with Crippen LogP contribution in [0.25, 0.3) is 0 Å². The highest BCUT2D eigenvalue weighted by Gasteiger charge is 2.18. The quantitative estimate of drug-likeness (QED) is 0.845. The number of halogens is 1. The summed E-state index contributed by atoms with van der Waals surface area (Å²) < 4.78 is 13.3. The Morgan fingerprint density at radius 1 is 1.38 bits per heavy atom. The lowest BCUT2D eigenvalue weighted by Gasteiger charge is -2.23. The smallest absolute Gasteiger partial charge is 0.146 e. The highest BCUT2D eigenvalue weighted by Crippen LogP contribution is 2.23. The van der Waals surface area contributed by atoms with Crippen molar-refractivity contribution in [3.63, 3.8) is 0 Å². The van der Waals surface area contributed by atoms with Crippen molar-refractivity contribution >= 4 is 5.69 Å². The molecule has 0 aliphatic carbocycles. The van der Waals surface area contributed by atoms with Gasteiger partial charge in [0.1, 0.15) is 11.9 Å². The molecular weight excluding hydrogens is 203 g/mol. The van der Waals surface area contributed by atoms with Gasteiger partial charge in [-0.1, -0.05) is 32.9 Å². The number of hydrogen-bond acceptors (Lipinski definition) is 2. The summed E-state index contributed by atoms with van der Waals surface area (Å²) in [5.74, 6) is -0.323. The average Bonchev–Trinajstić information content (AvgIpc) is 2.18. The minimum absolute atomic E-state index is 0.0403. The Morgan fingerprint density at radius 2 is 2.00 bits per heavy atom. The molecule has 0 saturated carbocycles. The van der Waals surface area contributed by atoms with Gasteiger partial charge in [0.05, 0.1) is 11.8 Å². The van der Waals surface area contributed by atoms with Crippen LogP contribution < -0.4 is 5.32 Å². The predicted molar refractivity (Wildman–Crippen MR) is 63.5 cm³/mol. The maximum atomic E-state index is 13.3. The van der Waals surface area contributed by atoms with Gasteiger partial charge < -0.3 is 5.32 Å². The lowest BCUT2D eigenvalue weighted by atomic mass is 9.88. The van der Waals surface area contributed by atoms with E-state index in [0.29, 0.717) is 12.1 Å². The van der Waals surface area contributed by atoms with Gasteiger partial charge in [-0.3, -0.25) is 0 Å². The van der Waals surface area contributed by atoms with Gasteiger partial charge in [-0.2, -0.15) is 5.26 Å². The van der Waals surface area contributed by atoms with Crippen LogP contribution in [0.1, 0.15) is 27.2 Å². The Kier molecular flexibility index (Phi) is 3.89. The van der Waals surface area contributed by atoms with E-state index in [1.54, 1.807) is 18.2 Å². The topological polar surface area (TPSA) is 35.8 Å². The zero-order valence-corrected chi connectivity index (χ0v) is 9.92. The fraction of sp³-hybridized carbons (Fsp3) is 0.462. The van der Waals surface area contributed by atoms with Crippen molar-refractivity contribution in [1.82, 2.24) is 0 Å². The van der Waals surface area contributed by atoms with Crippen molar-refractivity contribution in [2.45, 2.75) is 33.2 Å². The molecule has 1 aromatic carbocycles. The lowest BCUT2D eigenvalue weighted by Crippen LogP contribution is -2.24. The summed E-state index contributed by atoms with van der Waals surface area (Å²) in [6, 6.07) is 8.19. The average molecular weight is 220 g/mol. The molecule has 0 saturated heterocycles. The molecule has 0 radical (unpaired) electrons. The van der Waals surface area contributed by atoms with Gasteiger partial charge in [-0.15, -0.1) is 0 Å². The summed E-state index contributed by atoms with van der Waals surface area (Å²) in [6.07, 6.45) is 0.678. The van der Waals surface area contributed by atoms with Crippen LogP contribution in [0.4, 0.5) is 10.1 Å². The molecule has 1 aromatic rings. The van der Waals surface area contributed by atoms with E-state index in [1.807, 2.05) is 0 Å². The van der Waals surface area contributed by atoms with Gasteiger partial charge >= 0.3 is 0 Å². The van der Waals surface area contributed by atoms with Gasteiger partial charge in [0.25, 0.3) is 0 Å². The Balaban J connectivity index is 2.72. The molecule has 0 bridgehead atoms. The second kappa shape index (κ2) is 4.98. The maximum Gasteiger partial charge on any atom is 0.146 e. The largest absolute Gasteiger partial charge is 0.367 e. The van der Waals surface area contributed by atoms with E-state index >= 15 is 0 Å². The molecule has 0 aliphatic rings. The van der Waals surface area contributed by atoms with Crippen LogP contribution in [0.2, 0.25) is 0 Å². The highest BCUT2D eigenvalue weighted by molar-refractivity contribution is 5.46. The molecule has 0 aliphatic heterocycles. The number of nitrogens with zero attached hydrogens (tertiary/aromatic N) is 1. The molecule has 0 amide bonds. The monoisotopic (exact) mass is 220 g/mol. The Hall–Kier alpha value is -1.56. The van der Waals surface area contributed by atoms with E-state index in [9.17, 15) is 4.39 Å². The third-order valence-electron chi connectivity index (χ3n) is 2.18. The second-order valence-electron chi connectivity index (χ2n) is 5.07. The van der Waals surface area contributed by atoms with Crippen molar-refractivity contribution in [2.24, 2.45) is 5.41 Å². The van der Waals surface area contributed by atoms with E-state index in [0.717, 1.165) is 0 Å². The highest BCUT2D eigenvalue weighted by atomic mass is 19.1. The summed E-state index contributed by atoms with van der Waals surface area (Å²) in [5, 5.41) is 11.9. The first-order valence-corrected chi connectivity index (χ1v) is 5.33. The third-order valence-corrected chi connectivity index (χ3v) is 2.18. The Bertz CT molecular complexity index is 388. The van der Waals surface area contributed by atoms with Gasteiger partial charge in [0.2, 0.25) is 0 Å². The second-order valence-corrected chi connectivity index (χ2v) is 5.07. The first-order valence-electron chi connectivity index (χ1n) is 5.33. The molecule has 0 fully saturated rings. The van der Waals surface area contributed by atoms with Crippen molar-refractivity contribution < 1.29 is 4.39 Å². The molecule has 0 aromatic heterocycles. The summed E-state index contributed by atoms with van der Waals surface area (Å²) in [7, 11) is 0. The molecule has 0 spiro atoms. The van der Waals surface area contributed by atoms with E-state index in [-0.39, 0.29) is 17.3 Å². The fourth-order valence-corrected chi connectivity index (χ4v) is 1.51. The normalized spacial score (nSPS) is 12.9. The summed E-state index contributed by atoms with van der Waals surface area (Å²) >= 11 is 0. The number of rotatable bonds is 3. The number of anilines is 1. The van der Waals surface area contributed by atoms with Crippen LogP contribution in [0.5, 0.6) is 0 Å². The van der Waals surface area contributed by atoms with Gasteiger partial charge in [0.15, 0.2) is 0 Å².